The summed E-state index contributed by atoms with van der Waals surface area (Å²) in [5.41, 5.74) is 10.9. The molecule has 2 aromatic rings. The molecular formula is C12H14N2O. The Balaban J connectivity index is 2.64. The van der Waals surface area contributed by atoms with Gasteiger partial charge in [-0.05, 0) is 31.9 Å². The maximum absolute atomic E-state index is 5.64. The lowest BCUT2D eigenvalue weighted by Crippen LogP contribution is -1.89. The molecule has 78 valence electrons. The van der Waals surface area contributed by atoms with Crippen LogP contribution in [0.2, 0.25) is 0 Å². The minimum Gasteiger partial charge on any atom is -0.367 e. The number of rotatable bonds is 1. The van der Waals surface area contributed by atoms with Crippen LogP contribution in [-0.2, 0) is 0 Å². The van der Waals surface area contributed by atoms with Crippen molar-refractivity contribution in [1.29, 1.82) is 0 Å². The highest BCUT2D eigenvalue weighted by atomic mass is 16.5. The zero-order valence-corrected chi connectivity index (χ0v) is 9.16. The van der Waals surface area contributed by atoms with Crippen LogP contribution in [0, 0.1) is 20.8 Å². The number of hydrogen-bond acceptors (Lipinski definition) is 3. The maximum atomic E-state index is 5.64. The van der Waals surface area contributed by atoms with Gasteiger partial charge in [0.1, 0.15) is 5.69 Å². The Labute approximate surface area is 88.9 Å². The Bertz CT molecular complexity index is 500. The van der Waals surface area contributed by atoms with E-state index in [1.165, 1.54) is 11.1 Å². The van der Waals surface area contributed by atoms with Gasteiger partial charge < -0.3 is 10.3 Å². The van der Waals surface area contributed by atoms with Crippen LogP contribution in [0.5, 0.6) is 0 Å². The molecule has 0 fully saturated rings. The first-order valence-electron chi connectivity index (χ1n) is 4.89. The van der Waals surface area contributed by atoms with Crippen LogP contribution in [0.3, 0.4) is 0 Å². The first-order chi connectivity index (χ1) is 7.11. The average molecular weight is 202 g/mol. The summed E-state index contributed by atoms with van der Waals surface area (Å²) in [7, 11) is 0. The molecule has 15 heavy (non-hydrogen) atoms. The Hall–Kier alpha value is -1.77. The monoisotopic (exact) mass is 202 g/mol. The van der Waals surface area contributed by atoms with Gasteiger partial charge in [0.05, 0.1) is 0 Å². The van der Waals surface area contributed by atoms with Gasteiger partial charge in [0, 0.05) is 11.1 Å². The highest BCUT2D eigenvalue weighted by Crippen LogP contribution is 2.29. The van der Waals surface area contributed by atoms with E-state index in [2.05, 4.69) is 25.1 Å². The van der Waals surface area contributed by atoms with Crippen LogP contribution in [0.1, 0.15) is 16.7 Å². The number of nitrogen functional groups attached to an aromatic ring is 1. The summed E-state index contributed by atoms with van der Waals surface area (Å²) < 4.78 is 4.97. The average Bonchev–Trinajstić information content (AvgIpc) is 2.53. The smallest absolute Gasteiger partial charge is 0.225 e. The molecule has 1 heterocycles. The second-order valence-corrected chi connectivity index (χ2v) is 3.77. The van der Waals surface area contributed by atoms with Gasteiger partial charge >= 0.3 is 0 Å². The number of benzene rings is 1. The van der Waals surface area contributed by atoms with Crippen LogP contribution in [0.25, 0.3) is 11.3 Å². The largest absolute Gasteiger partial charge is 0.367 e. The summed E-state index contributed by atoms with van der Waals surface area (Å²) in [5, 5.41) is 3.99. The second-order valence-electron chi connectivity index (χ2n) is 3.77. The van der Waals surface area contributed by atoms with Crippen LogP contribution < -0.4 is 5.73 Å². The Morgan fingerprint density at radius 1 is 1.13 bits per heavy atom. The molecule has 0 bridgehead atoms. The lowest BCUT2D eigenvalue weighted by atomic mass is 9.99. The molecule has 0 aliphatic heterocycles. The van der Waals surface area contributed by atoms with E-state index >= 15 is 0 Å². The van der Waals surface area contributed by atoms with Gasteiger partial charge in [-0.25, -0.2) is 0 Å². The molecule has 0 amide bonds. The van der Waals surface area contributed by atoms with Gasteiger partial charge in [0.2, 0.25) is 5.88 Å². The molecule has 2 rings (SSSR count). The minimum atomic E-state index is 0.394. The number of anilines is 1. The van der Waals surface area contributed by atoms with Crippen molar-refractivity contribution >= 4 is 5.88 Å². The van der Waals surface area contributed by atoms with E-state index in [-0.39, 0.29) is 0 Å². The third kappa shape index (κ3) is 1.50. The Kier molecular flexibility index (Phi) is 2.23. The summed E-state index contributed by atoms with van der Waals surface area (Å²) in [6.45, 7) is 6.08. The topological polar surface area (TPSA) is 52.0 Å². The fourth-order valence-corrected chi connectivity index (χ4v) is 1.61. The number of hydrogen-bond donors (Lipinski definition) is 1. The minimum absolute atomic E-state index is 0.394. The van der Waals surface area contributed by atoms with Crippen molar-refractivity contribution in [2.24, 2.45) is 0 Å². The standard InChI is InChI=1S/C12H14N2O/c1-7-5-4-6-10(8(7)2)11-9(3)12(13)15-14-11/h4-6H,13H2,1-3H3. The molecule has 1 aromatic carbocycles. The summed E-state index contributed by atoms with van der Waals surface area (Å²) >= 11 is 0. The normalized spacial score (nSPS) is 10.6. The van der Waals surface area contributed by atoms with Crippen molar-refractivity contribution in [2.75, 3.05) is 5.73 Å². The molecule has 2 N–H and O–H groups in total. The van der Waals surface area contributed by atoms with Gasteiger partial charge in [-0.3, -0.25) is 0 Å². The van der Waals surface area contributed by atoms with E-state index in [9.17, 15) is 0 Å². The molecule has 0 atom stereocenters. The molecule has 0 aliphatic rings. The molecule has 0 saturated heterocycles. The zero-order chi connectivity index (χ0) is 11.0. The van der Waals surface area contributed by atoms with Gasteiger partial charge in [-0.2, -0.15) is 0 Å². The summed E-state index contributed by atoms with van der Waals surface area (Å²) in [5.74, 6) is 0.394. The maximum Gasteiger partial charge on any atom is 0.225 e. The van der Waals surface area contributed by atoms with E-state index in [0.29, 0.717) is 5.88 Å². The van der Waals surface area contributed by atoms with Crippen molar-refractivity contribution in [2.45, 2.75) is 20.8 Å². The summed E-state index contributed by atoms with van der Waals surface area (Å²) in [4.78, 5) is 0. The predicted molar refractivity (Wildman–Crippen MR) is 60.6 cm³/mol. The molecular weight excluding hydrogens is 188 g/mol. The van der Waals surface area contributed by atoms with E-state index in [0.717, 1.165) is 16.8 Å². The van der Waals surface area contributed by atoms with Crippen molar-refractivity contribution < 1.29 is 4.52 Å². The Morgan fingerprint density at radius 3 is 2.47 bits per heavy atom. The summed E-state index contributed by atoms with van der Waals surface area (Å²) in [6, 6.07) is 6.13. The van der Waals surface area contributed by atoms with Crippen LogP contribution in [-0.4, -0.2) is 5.16 Å². The van der Waals surface area contributed by atoms with Gasteiger partial charge in [0.15, 0.2) is 0 Å². The molecule has 0 saturated carbocycles. The van der Waals surface area contributed by atoms with Gasteiger partial charge in [-0.15, -0.1) is 0 Å². The molecule has 0 aliphatic carbocycles. The predicted octanol–water partition coefficient (Wildman–Crippen LogP) is 2.85. The van der Waals surface area contributed by atoms with Gasteiger partial charge in [0.25, 0.3) is 0 Å². The zero-order valence-electron chi connectivity index (χ0n) is 9.16. The lowest BCUT2D eigenvalue weighted by Gasteiger charge is -2.05. The molecule has 3 nitrogen and oxygen atoms in total. The molecule has 0 spiro atoms. The van der Waals surface area contributed by atoms with E-state index in [1.807, 2.05) is 19.1 Å². The first kappa shape index (κ1) is 9.77. The fourth-order valence-electron chi connectivity index (χ4n) is 1.61. The van der Waals surface area contributed by atoms with Crippen LogP contribution >= 0.6 is 0 Å². The first-order valence-corrected chi connectivity index (χ1v) is 4.89. The van der Waals surface area contributed by atoms with Crippen molar-refractivity contribution in [3.05, 3.63) is 34.9 Å². The van der Waals surface area contributed by atoms with Gasteiger partial charge in [-0.1, -0.05) is 23.4 Å². The third-order valence-corrected chi connectivity index (χ3v) is 2.82. The number of aryl methyl sites for hydroxylation is 1. The van der Waals surface area contributed by atoms with E-state index in [1.54, 1.807) is 0 Å². The number of nitrogens with two attached hydrogens (primary N) is 1. The Morgan fingerprint density at radius 2 is 1.87 bits per heavy atom. The number of nitrogens with zero attached hydrogens (tertiary/aromatic N) is 1. The van der Waals surface area contributed by atoms with Crippen LogP contribution in [0.4, 0.5) is 5.88 Å². The molecule has 0 unspecified atom stereocenters. The molecule has 3 heteroatoms. The van der Waals surface area contributed by atoms with Crippen molar-refractivity contribution in [1.82, 2.24) is 5.16 Å². The molecule has 0 radical (unpaired) electrons. The number of aromatic nitrogens is 1. The SMILES string of the molecule is Cc1cccc(-c2noc(N)c2C)c1C. The van der Waals surface area contributed by atoms with E-state index < -0.39 is 0 Å². The lowest BCUT2D eigenvalue weighted by molar-refractivity contribution is 0.439. The third-order valence-electron chi connectivity index (χ3n) is 2.82. The van der Waals surface area contributed by atoms with Crippen molar-refractivity contribution in [3.63, 3.8) is 0 Å². The second kappa shape index (κ2) is 3.42. The highest BCUT2D eigenvalue weighted by Gasteiger charge is 2.13. The van der Waals surface area contributed by atoms with Crippen LogP contribution in [0.15, 0.2) is 22.7 Å². The summed E-state index contributed by atoms with van der Waals surface area (Å²) in [6.07, 6.45) is 0. The fraction of sp³-hybridized carbons (Fsp3) is 0.250. The van der Waals surface area contributed by atoms with Crippen molar-refractivity contribution in [3.8, 4) is 11.3 Å². The quantitative estimate of drug-likeness (QED) is 0.773. The van der Waals surface area contributed by atoms with E-state index in [4.69, 9.17) is 10.3 Å². The molecule has 1 aromatic heterocycles. The highest BCUT2D eigenvalue weighted by molar-refractivity contribution is 5.70.